The van der Waals surface area contributed by atoms with Crippen LogP contribution < -0.4 is 4.31 Å². The van der Waals surface area contributed by atoms with Crippen molar-refractivity contribution in [2.24, 2.45) is 0 Å². The number of allylic oxidation sites excluding steroid dienone is 1. The molecule has 0 heterocycles. The Balaban J connectivity index is 1.48. The van der Waals surface area contributed by atoms with Gasteiger partial charge in [-0.15, -0.1) is 0 Å². The van der Waals surface area contributed by atoms with Gasteiger partial charge in [-0.25, -0.2) is 17.1 Å². The van der Waals surface area contributed by atoms with E-state index in [0.29, 0.717) is 4.31 Å². The summed E-state index contributed by atoms with van der Waals surface area (Å²) < 4.78 is 38.7. The normalized spacial score (nSPS) is 13.7. The second kappa shape index (κ2) is 11.2. The first-order valence-corrected chi connectivity index (χ1v) is 14.6. The van der Waals surface area contributed by atoms with Crippen LogP contribution in [0.4, 0.5) is 10.1 Å². The highest BCUT2D eigenvalue weighted by atomic mass is 32.2. The minimum absolute atomic E-state index is 0.0799. The van der Waals surface area contributed by atoms with E-state index >= 15 is 0 Å². The van der Waals surface area contributed by atoms with Gasteiger partial charge in [0.25, 0.3) is 5.91 Å². The Kier molecular flexibility index (Phi) is 7.57. The number of hydrogen-bond donors (Lipinski definition) is 0. The lowest BCUT2D eigenvalue weighted by Crippen LogP contribution is -2.34. The number of aryl methyl sites for hydroxylation is 1. The quantitative estimate of drug-likeness (QED) is 0.246. The zero-order valence-corrected chi connectivity index (χ0v) is 22.4. The molecule has 0 spiro atoms. The summed E-state index contributed by atoms with van der Waals surface area (Å²) in [7, 11) is -3.92. The number of halogens is 1. The monoisotopic (exact) mass is 537 g/mol. The molecule has 0 unspecified atom stereocenters. The molecule has 0 bridgehead atoms. The first kappa shape index (κ1) is 26.3. The smallest absolute Gasteiger partial charge is 0.264 e. The molecule has 4 aromatic carbocycles. The maximum absolute atomic E-state index is 13.3. The molecular formula is C33H28FNO3S. The summed E-state index contributed by atoms with van der Waals surface area (Å²) in [6.07, 6.45) is 6.80. The number of rotatable bonds is 6. The van der Waals surface area contributed by atoms with Crippen LogP contribution in [0.3, 0.4) is 0 Å². The van der Waals surface area contributed by atoms with Gasteiger partial charge in [0.05, 0.1) is 11.9 Å². The number of amides is 1. The molecule has 196 valence electrons. The van der Waals surface area contributed by atoms with Crippen molar-refractivity contribution in [2.45, 2.75) is 19.3 Å². The fourth-order valence-corrected chi connectivity index (χ4v) is 5.93. The van der Waals surface area contributed by atoms with E-state index < -0.39 is 21.7 Å². The highest BCUT2D eigenvalue weighted by Gasteiger charge is 2.24. The van der Waals surface area contributed by atoms with Gasteiger partial charge in [0, 0.05) is 6.08 Å². The largest absolute Gasteiger partial charge is 0.268 e. The molecule has 0 saturated heterocycles. The number of hydrogen-bond acceptors (Lipinski definition) is 3. The Bertz CT molecular complexity index is 1660. The van der Waals surface area contributed by atoms with Gasteiger partial charge in [0.15, 0.2) is 0 Å². The van der Waals surface area contributed by atoms with Crippen molar-refractivity contribution in [1.82, 2.24) is 0 Å². The molecule has 1 aliphatic rings. The summed E-state index contributed by atoms with van der Waals surface area (Å²) in [6, 6.07) is 31.7. The standard InChI is InChI=1S/C33H28FNO3S/c1-39(37,38)35(29-21-19-28(34)20-22-29)32(36)23-16-24-14-17-27(18-15-24)33-30-12-6-5-10-26(30)11-7-13-31(33)25-8-3-2-4-9-25/h2-6,8-10,12,14-23H,7,11,13H2,1H3. The van der Waals surface area contributed by atoms with Crippen LogP contribution in [-0.4, -0.2) is 20.6 Å². The van der Waals surface area contributed by atoms with Crippen molar-refractivity contribution in [3.63, 3.8) is 0 Å². The average Bonchev–Trinajstić information content (AvgIpc) is 3.13. The second-order valence-corrected chi connectivity index (χ2v) is 11.4. The fraction of sp³-hybridized carbons (Fsp3) is 0.121. The van der Waals surface area contributed by atoms with Crippen LogP contribution in [0.2, 0.25) is 0 Å². The number of benzene rings is 4. The van der Waals surface area contributed by atoms with Crippen LogP contribution in [-0.2, 0) is 21.2 Å². The third-order valence-electron chi connectivity index (χ3n) is 6.79. The third-order valence-corrected chi connectivity index (χ3v) is 7.85. The molecule has 1 amide bonds. The summed E-state index contributed by atoms with van der Waals surface area (Å²) in [5, 5.41) is 0. The van der Waals surface area contributed by atoms with Gasteiger partial charge in [-0.05, 0) is 88.6 Å². The van der Waals surface area contributed by atoms with Gasteiger partial charge in [-0.1, -0.05) is 78.9 Å². The van der Waals surface area contributed by atoms with E-state index in [1.54, 1.807) is 6.08 Å². The van der Waals surface area contributed by atoms with Crippen molar-refractivity contribution in [3.05, 3.63) is 143 Å². The first-order valence-electron chi connectivity index (χ1n) is 12.8. The second-order valence-electron chi connectivity index (χ2n) is 9.53. The molecule has 0 fully saturated rings. The van der Waals surface area contributed by atoms with E-state index in [0.717, 1.165) is 48.8 Å². The zero-order chi connectivity index (χ0) is 27.4. The van der Waals surface area contributed by atoms with Crippen molar-refractivity contribution < 1.29 is 17.6 Å². The van der Waals surface area contributed by atoms with Crippen LogP contribution in [0.1, 0.15) is 40.7 Å². The van der Waals surface area contributed by atoms with Gasteiger partial charge in [0.2, 0.25) is 10.0 Å². The van der Waals surface area contributed by atoms with E-state index in [1.165, 1.54) is 46.0 Å². The predicted molar refractivity (Wildman–Crippen MR) is 156 cm³/mol. The summed E-state index contributed by atoms with van der Waals surface area (Å²) in [5.41, 5.74) is 8.20. The Morgan fingerprint density at radius 3 is 2.15 bits per heavy atom. The van der Waals surface area contributed by atoms with Crippen LogP contribution in [0.25, 0.3) is 17.2 Å². The Morgan fingerprint density at radius 1 is 0.795 bits per heavy atom. The molecule has 1 aliphatic carbocycles. The van der Waals surface area contributed by atoms with Crippen LogP contribution in [0.5, 0.6) is 0 Å². The predicted octanol–water partition coefficient (Wildman–Crippen LogP) is 7.13. The highest BCUT2D eigenvalue weighted by Crippen LogP contribution is 2.39. The van der Waals surface area contributed by atoms with Crippen molar-refractivity contribution in [2.75, 3.05) is 10.6 Å². The van der Waals surface area contributed by atoms with E-state index in [4.69, 9.17) is 0 Å². The van der Waals surface area contributed by atoms with Gasteiger partial charge in [0.1, 0.15) is 5.82 Å². The molecule has 4 aromatic rings. The number of fused-ring (bicyclic) bond motifs is 1. The first-order chi connectivity index (χ1) is 18.8. The Hall–Kier alpha value is -4.29. The van der Waals surface area contributed by atoms with Gasteiger partial charge < -0.3 is 0 Å². The van der Waals surface area contributed by atoms with Crippen molar-refractivity contribution >= 4 is 38.8 Å². The SMILES string of the molecule is CS(=O)(=O)N(C(=O)C=Cc1ccc(C2=C(c3ccccc3)CCCc3ccccc32)cc1)c1ccc(F)cc1. The minimum Gasteiger partial charge on any atom is -0.268 e. The molecule has 0 radical (unpaired) electrons. The number of anilines is 1. The fourth-order valence-electron chi connectivity index (χ4n) is 5.04. The molecule has 5 rings (SSSR count). The number of carbonyl (C=O) groups is 1. The van der Waals surface area contributed by atoms with E-state index in [2.05, 4.69) is 48.5 Å². The Labute approximate surface area is 228 Å². The molecule has 0 aromatic heterocycles. The van der Waals surface area contributed by atoms with E-state index in [-0.39, 0.29) is 5.69 Å². The van der Waals surface area contributed by atoms with Crippen molar-refractivity contribution in [3.8, 4) is 0 Å². The lowest BCUT2D eigenvalue weighted by atomic mass is 9.87. The topological polar surface area (TPSA) is 54.5 Å². The summed E-state index contributed by atoms with van der Waals surface area (Å²) >= 11 is 0. The van der Waals surface area contributed by atoms with Crippen molar-refractivity contribution in [1.29, 1.82) is 0 Å². The summed E-state index contributed by atoms with van der Waals surface area (Å²) in [4.78, 5) is 12.9. The van der Waals surface area contributed by atoms with E-state index in [1.807, 2.05) is 30.3 Å². The third kappa shape index (κ3) is 5.91. The summed E-state index contributed by atoms with van der Waals surface area (Å²) in [6.45, 7) is 0. The molecule has 0 N–H and O–H groups in total. The molecular weight excluding hydrogens is 509 g/mol. The molecule has 0 saturated carbocycles. The summed E-state index contributed by atoms with van der Waals surface area (Å²) in [5.74, 6) is -1.25. The van der Waals surface area contributed by atoms with Gasteiger partial charge in [-0.2, -0.15) is 0 Å². The zero-order valence-electron chi connectivity index (χ0n) is 21.5. The van der Waals surface area contributed by atoms with E-state index in [9.17, 15) is 17.6 Å². The molecule has 39 heavy (non-hydrogen) atoms. The average molecular weight is 538 g/mol. The number of carbonyl (C=O) groups excluding carboxylic acids is 1. The van der Waals surface area contributed by atoms with Gasteiger partial charge in [-0.3, -0.25) is 4.79 Å². The highest BCUT2D eigenvalue weighted by molar-refractivity contribution is 7.92. The maximum Gasteiger partial charge on any atom is 0.264 e. The lowest BCUT2D eigenvalue weighted by molar-refractivity contribution is -0.113. The Morgan fingerprint density at radius 2 is 1.46 bits per heavy atom. The molecule has 6 heteroatoms. The maximum atomic E-state index is 13.3. The molecule has 0 atom stereocenters. The van der Waals surface area contributed by atoms with Gasteiger partial charge >= 0.3 is 0 Å². The minimum atomic E-state index is -3.92. The number of sulfonamides is 1. The molecule has 4 nitrogen and oxygen atoms in total. The van der Waals surface area contributed by atoms with Crippen LogP contribution >= 0.6 is 0 Å². The van der Waals surface area contributed by atoms with Crippen LogP contribution in [0, 0.1) is 5.82 Å². The molecule has 0 aliphatic heterocycles. The lowest BCUT2D eigenvalue weighted by Gasteiger charge is -2.18. The number of nitrogens with zero attached hydrogens (tertiary/aromatic N) is 1. The van der Waals surface area contributed by atoms with Crippen LogP contribution in [0.15, 0.2) is 109 Å².